The number of thioether (sulfide) groups is 1. The summed E-state index contributed by atoms with van der Waals surface area (Å²) in [6, 6.07) is 14.6. The molecule has 0 aromatic heterocycles. The number of nitrogens with two attached hydrogens (primary N) is 1. The van der Waals surface area contributed by atoms with E-state index in [9.17, 15) is 4.79 Å². The summed E-state index contributed by atoms with van der Waals surface area (Å²) in [5.41, 5.74) is 4.89. The van der Waals surface area contributed by atoms with E-state index in [1.165, 1.54) is 15.7 Å². The minimum Gasteiger partial charge on any atom is -0.480 e. The lowest BCUT2D eigenvalue weighted by molar-refractivity contribution is -0.143. The lowest BCUT2D eigenvalue weighted by Gasteiger charge is -2.18. The van der Waals surface area contributed by atoms with Gasteiger partial charge in [0.2, 0.25) is 0 Å². The highest BCUT2D eigenvalue weighted by Crippen LogP contribution is 2.39. The summed E-state index contributed by atoms with van der Waals surface area (Å²) in [4.78, 5) is 12.3. The fourth-order valence-electron chi connectivity index (χ4n) is 2.76. The van der Waals surface area contributed by atoms with E-state index in [-0.39, 0.29) is 5.25 Å². The zero-order valence-corrected chi connectivity index (χ0v) is 11.9. The number of hydrogen-bond acceptors (Lipinski definition) is 3. The van der Waals surface area contributed by atoms with E-state index in [0.717, 1.165) is 6.42 Å². The second kappa shape index (κ2) is 5.11. The molecular formula is C16H17NO2S. The molecule has 3 N–H and O–H groups in total. The third-order valence-electron chi connectivity index (χ3n) is 3.95. The third-order valence-corrected chi connectivity index (χ3v) is 5.22. The van der Waals surface area contributed by atoms with Crippen LogP contribution in [0.3, 0.4) is 0 Å². The van der Waals surface area contributed by atoms with Gasteiger partial charge in [0.15, 0.2) is 0 Å². The highest BCUT2D eigenvalue weighted by Gasteiger charge is 2.42. The molecule has 1 aliphatic rings. The molecule has 3 rings (SSSR count). The molecule has 0 radical (unpaired) electrons. The molecule has 2 unspecified atom stereocenters. The topological polar surface area (TPSA) is 63.3 Å². The zero-order chi connectivity index (χ0) is 14.2. The lowest BCUT2D eigenvalue weighted by Crippen LogP contribution is -2.45. The van der Waals surface area contributed by atoms with Gasteiger partial charge >= 0.3 is 5.97 Å². The van der Waals surface area contributed by atoms with E-state index in [0.29, 0.717) is 12.8 Å². The Morgan fingerprint density at radius 2 is 2.00 bits per heavy atom. The van der Waals surface area contributed by atoms with E-state index in [2.05, 4.69) is 30.3 Å². The van der Waals surface area contributed by atoms with Crippen LogP contribution in [0.1, 0.15) is 19.3 Å². The van der Waals surface area contributed by atoms with Crippen LogP contribution in [-0.4, -0.2) is 21.9 Å². The largest absolute Gasteiger partial charge is 0.480 e. The number of fused-ring (bicyclic) bond motifs is 1. The first-order valence-electron chi connectivity index (χ1n) is 6.75. The van der Waals surface area contributed by atoms with E-state index in [1.54, 1.807) is 11.8 Å². The van der Waals surface area contributed by atoms with E-state index in [1.807, 2.05) is 12.1 Å². The van der Waals surface area contributed by atoms with Gasteiger partial charge in [0.1, 0.15) is 5.54 Å². The Bertz CT molecular complexity index is 658. The normalized spacial score (nSPS) is 25.9. The predicted molar refractivity (Wildman–Crippen MR) is 82.0 cm³/mol. The fraction of sp³-hybridized carbons (Fsp3) is 0.312. The van der Waals surface area contributed by atoms with Crippen molar-refractivity contribution in [1.29, 1.82) is 0 Å². The molecule has 2 atom stereocenters. The second-order valence-corrected chi connectivity index (χ2v) is 6.83. The second-order valence-electron chi connectivity index (χ2n) is 5.45. The Labute approximate surface area is 122 Å². The summed E-state index contributed by atoms with van der Waals surface area (Å²) in [5.74, 6) is -0.876. The molecule has 104 valence electrons. The molecule has 0 heterocycles. The average molecular weight is 287 g/mol. The summed E-state index contributed by atoms with van der Waals surface area (Å²) >= 11 is 1.74. The molecule has 0 aliphatic heterocycles. The van der Waals surface area contributed by atoms with Crippen LogP contribution in [0.5, 0.6) is 0 Å². The number of benzene rings is 2. The summed E-state index contributed by atoms with van der Waals surface area (Å²) in [6.07, 6.45) is 1.97. The molecule has 0 saturated heterocycles. The highest BCUT2D eigenvalue weighted by molar-refractivity contribution is 8.00. The van der Waals surface area contributed by atoms with Gasteiger partial charge in [-0.2, -0.15) is 0 Å². The maximum absolute atomic E-state index is 11.2. The molecule has 20 heavy (non-hydrogen) atoms. The van der Waals surface area contributed by atoms with Crippen LogP contribution in [0.4, 0.5) is 0 Å². The zero-order valence-electron chi connectivity index (χ0n) is 11.1. The molecule has 2 aromatic carbocycles. The van der Waals surface area contributed by atoms with Gasteiger partial charge in [-0.05, 0) is 42.2 Å². The van der Waals surface area contributed by atoms with Gasteiger partial charge in [-0.3, -0.25) is 4.79 Å². The van der Waals surface area contributed by atoms with Gasteiger partial charge in [0.25, 0.3) is 0 Å². The number of rotatable bonds is 3. The van der Waals surface area contributed by atoms with Crippen molar-refractivity contribution < 1.29 is 9.90 Å². The van der Waals surface area contributed by atoms with Crippen LogP contribution >= 0.6 is 11.8 Å². The molecular weight excluding hydrogens is 270 g/mol. The van der Waals surface area contributed by atoms with Crippen molar-refractivity contribution >= 4 is 28.5 Å². The summed E-state index contributed by atoms with van der Waals surface area (Å²) in [6.45, 7) is 0. The maximum Gasteiger partial charge on any atom is 0.323 e. The number of carboxylic acids is 1. The number of carbonyl (C=O) groups is 1. The van der Waals surface area contributed by atoms with Gasteiger partial charge in [0.05, 0.1) is 0 Å². The van der Waals surface area contributed by atoms with Crippen molar-refractivity contribution in [2.24, 2.45) is 5.73 Å². The highest BCUT2D eigenvalue weighted by atomic mass is 32.2. The smallest absolute Gasteiger partial charge is 0.323 e. The fourth-order valence-corrected chi connectivity index (χ4v) is 4.10. The Kier molecular flexibility index (Phi) is 3.44. The number of aliphatic carboxylic acids is 1. The number of carboxylic acid groups (broad SMARTS) is 1. The maximum atomic E-state index is 11.2. The quantitative estimate of drug-likeness (QED) is 0.909. The third kappa shape index (κ3) is 2.53. The van der Waals surface area contributed by atoms with Crippen molar-refractivity contribution in [1.82, 2.24) is 0 Å². The Balaban J connectivity index is 1.76. The SMILES string of the molecule is NC1(C(=O)O)CCC(Sc2ccc3ccccc3c2)C1. The molecule has 0 spiro atoms. The molecule has 1 fully saturated rings. The molecule has 2 aromatic rings. The van der Waals surface area contributed by atoms with Gasteiger partial charge < -0.3 is 10.8 Å². The van der Waals surface area contributed by atoms with Crippen molar-refractivity contribution in [2.45, 2.75) is 34.9 Å². The van der Waals surface area contributed by atoms with Gasteiger partial charge in [0, 0.05) is 10.1 Å². The molecule has 1 saturated carbocycles. The Morgan fingerprint density at radius 1 is 1.25 bits per heavy atom. The molecule has 4 heteroatoms. The van der Waals surface area contributed by atoms with E-state index >= 15 is 0 Å². The summed E-state index contributed by atoms with van der Waals surface area (Å²) < 4.78 is 0. The number of hydrogen-bond donors (Lipinski definition) is 2. The van der Waals surface area contributed by atoms with Crippen LogP contribution in [-0.2, 0) is 4.79 Å². The Hall–Kier alpha value is -1.52. The minimum absolute atomic E-state index is 0.289. The van der Waals surface area contributed by atoms with Gasteiger partial charge in [-0.25, -0.2) is 0 Å². The van der Waals surface area contributed by atoms with Crippen LogP contribution < -0.4 is 5.73 Å². The molecule has 0 bridgehead atoms. The van der Waals surface area contributed by atoms with Crippen LogP contribution in [0.2, 0.25) is 0 Å². The van der Waals surface area contributed by atoms with Crippen molar-refractivity contribution in [3.63, 3.8) is 0 Å². The molecule has 1 aliphatic carbocycles. The monoisotopic (exact) mass is 287 g/mol. The van der Waals surface area contributed by atoms with Crippen LogP contribution in [0.15, 0.2) is 47.4 Å². The minimum atomic E-state index is -1.03. The van der Waals surface area contributed by atoms with Gasteiger partial charge in [-0.1, -0.05) is 30.3 Å². The van der Waals surface area contributed by atoms with E-state index in [4.69, 9.17) is 10.8 Å². The first kappa shape index (κ1) is 13.5. The first-order chi connectivity index (χ1) is 9.57. The van der Waals surface area contributed by atoms with Crippen molar-refractivity contribution in [2.75, 3.05) is 0 Å². The molecule has 3 nitrogen and oxygen atoms in total. The van der Waals surface area contributed by atoms with E-state index < -0.39 is 11.5 Å². The Morgan fingerprint density at radius 3 is 2.70 bits per heavy atom. The van der Waals surface area contributed by atoms with Crippen molar-refractivity contribution in [3.05, 3.63) is 42.5 Å². The summed E-state index contributed by atoms with van der Waals surface area (Å²) in [5, 5.41) is 11.9. The van der Waals surface area contributed by atoms with Crippen LogP contribution in [0.25, 0.3) is 10.8 Å². The average Bonchev–Trinajstić information content (AvgIpc) is 2.81. The standard InChI is InChI=1S/C16H17NO2S/c17-16(15(18)19)8-7-14(10-16)20-13-6-5-11-3-1-2-4-12(11)9-13/h1-6,9,14H,7-8,10,17H2,(H,18,19). The summed E-state index contributed by atoms with van der Waals surface area (Å²) in [7, 11) is 0. The lowest BCUT2D eigenvalue weighted by atomic mass is 10.0. The van der Waals surface area contributed by atoms with Crippen LogP contribution in [0, 0.1) is 0 Å². The first-order valence-corrected chi connectivity index (χ1v) is 7.62. The van der Waals surface area contributed by atoms with Gasteiger partial charge in [-0.15, -0.1) is 11.8 Å². The van der Waals surface area contributed by atoms with Crippen molar-refractivity contribution in [3.8, 4) is 0 Å². The molecule has 0 amide bonds. The predicted octanol–water partition coefficient (Wildman–Crippen LogP) is 3.27.